The predicted octanol–water partition coefficient (Wildman–Crippen LogP) is 2.04. The molecule has 0 aliphatic carbocycles. The maximum absolute atomic E-state index is 14.7. The van der Waals surface area contributed by atoms with Crippen molar-refractivity contribution in [2.75, 3.05) is 20.3 Å². The van der Waals surface area contributed by atoms with Crippen molar-refractivity contribution in [2.45, 2.75) is 32.7 Å². The molecule has 1 amide bonds. The first-order chi connectivity index (χ1) is 11.2. The highest BCUT2D eigenvalue weighted by atomic mass is 19.1. The van der Waals surface area contributed by atoms with Gasteiger partial charge < -0.3 is 10.5 Å². The Morgan fingerprint density at radius 3 is 2.62 bits per heavy atom. The van der Waals surface area contributed by atoms with Gasteiger partial charge in [-0.25, -0.2) is 9.38 Å². The van der Waals surface area contributed by atoms with Crippen LogP contribution in [0.5, 0.6) is 0 Å². The van der Waals surface area contributed by atoms with Crippen molar-refractivity contribution in [1.82, 2.24) is 4.90 Å². The van der Waals surface area contributed by atoms with E-state index in [1.54, 1.807) is 33.9 Å². The van der Waals surface area contributed by atoms with Gasteiger partial charge in [-0.2, -0.15) is 0 Å². The second-order valence-electron chi connectivity index (χ2n) is 7.45. The number of carbonyl (C=O) groups excluding carboxylic acids is 1. The number of halogens is 1. The lowest BCUT2D eigenvalue weighted by molar-refractivity contribution is -0.140. The van der Waals surface area contributed by atoms with Crippen LogP contribution in [0.3, 0.4) is 0 Å². The molecule has 130 valence electrons. The summed E-state index contributed by atoms with van der Waals surface area (Å²) >= 11 is 0. The fourth-order valence-electron chi connectivity index (χ4n) is 3.38. The summed E-state index contributed by atoms with van der Waals surface area (Å²) in [5, 5.41) is 0. The number of amides is 1. The van der Waals surface area contributed by atoms with Crippen LogP contribution in [0.4, 0.5) is 4.39 Å². The van der Waals surface area contributed by atoms with Crippen molar-refractivity contribution in [2.24, 2.45) is 22.1 Å². The Morgan fingerprint density at radius 2 is 2.04 bits per heavy atom. The number of nitrogens with zero attached hydrogens (tertiary/aromatic N) is 2. The number of nitrogens with two attached hydrogens (primary N) is 1. The molecule has 5 nitrogen and oxygen atoms in total. The lowest BCUT2D eigenvalue weighted by atomic mass is 9.67. The Hall–Kier alpha value is -1.95. The van der Waals surface area contributed by atoms with Gasteiger partial charge in [0, 0.05) is 18.5 Å². The third-order valence-corrected chi connectivity index (χ3v) is 5.52. The van der Waals surface area contributed by atoms with Gasteiger partial charge in [-0.15, -0.1) is 0 Å². The van der Waals surface area contributed by atoms with Crippen LogP contribution in [0.15, 0.2) is 23.2 Å². The largest absolute Gasteiger partial charge is 0.381 e. The van der Waals surface area contributed by atoms with Crippen LogP contribution in [0.25, 0.3) is 0 Å². The maximum Gasteiger partial charge on any atom is 0.237 e. The summed E-state index contributed by atoms with van der Waals surface area (Å²) in [5.74, 6) is 0.0404. The van der Waals surface area contributed by atoms with Crippen LogP contribution in [-0.4, -0.2) is 37.0 Å². The molecule has 1 atom stereocenters. The molecule has 0 radical (unpaired) electrons. The molecule has 1 aromatic carbocycles. The monoisotopic (exact) mass is 333 g/mol. The zero-order valence-electron chi connectivity index (χ0n) is 14.6. The van der Waals surface area contributed by atoms with Crippen LogP contribution in [-0.2, 0) is 21.5 Å². The molecule has 1 aromatic rings. The van der Waals surface area contributed by atoms with Gasteiger partial charge in [0.1, 0.15) is 11.4 Å². The van der Waals surface area contributed by atoms with Crippen LogP contribution in [0.1, 0.15) is 31.9 Å². The van der Waals surface area contributed by atoms with Gasteiger partial charge in [-0.05, 0) is 38.8 Å². The minimum atomic E-state index is -1.06. The molecule has 2 N–H and O–H groups in total. The van der Waals surface area contributed by atoms with E-state index in [-0.39, 0.29) is 17.7 Å². The summed E-state index contributed by atoms with van der Waals surface area (Å²) in [4.78, 5) is 18.5. The summed E-state index contributed by atoms with van der Waals surface area (Å²) in [6.45, 7) is 6.83. The van der Waals surface area contributed by atoms with Crippen molar-refractivity contribution >= 4 is 11.9 Å². The first-order valence-corrected chi connectivity index (χ1v) is 8.17. The summed E-state index contributed by atoms with van der Waals surface area (Å²) in [7, 11) is 1.59. The molecule has 1 fully saturated rings. The van der Waals surface area contributed by atoms with Crippen molar-refractivity contribution in [3.05, 3.63) is 35.1 Å². The maximum atomic E-state index is 14.7. The topological polar surface area (TPSA) is 67.9 Å². The quantitative estimate of drug-likeness (QED) is 0.920. The van der Waals surface area contributed by atoms with E-state index in [4.69, 9.17) is 10.5 Å². The average Bonchev–Trinajstić information content (AvgIpc) is 2.49. The standard InChI is InChI=1S/C18H24FN3O2/c1-17(2)15(23)22(4)16(20)21-18(17,3)13-8-11(5-6-14(13)19)7-12-9-24-10-12/h5-6,8,12H,7,9-10H2,1-4H3,(H2,20,21)/t18-/m1/s1. The van der Waals surface area contributed by atoms with Crippen molar-refractivity contribution in [3.8, 4) is 0 Å². The van der Waals surface area contributed by atoms with Crippen LogP contribution in [0, 0.1) is 17.2 Å². The number of benzene rings is 1. The van der Waals surface area contributed by atoms with E-state index in [2.05, 4.69) is 4.99 Å². The molecule has 1 saturated heterocycles. The molecule has 0 bridgehead atoms. The highest BCUT2D eigenvalue weighted by molar-refractivity contribution is 6.01. The number of ether oxygens (including phenoxy) is 1. The summed E-state index contributed by atoms with van der Waals surface area (Å²) < 4.78 is 19.9. The van der Waals surface area contributed by atoms with E-state index in [1.165, 1.54) is 11.0 Å². The molecule has 2 aliphatic rings. The normalized spacial score (nSPS) is 27.0. The van der Waals surface area contributed by atoms with Crippen molar-refractivity contribution < 1.29 is 13.9 Å². The fourth-order valence-corrected chi connectivity index (χ4v) is 3.38. The summed E-state index contributed by atoms with van der Waals surface area (Å²) in [5.41, 5.74) is 5.38. The second kappa shape index (κ2) is 5.55. The first kappa shape index (κ1) is 16.9. The summed E-state index contributed by atoms with van der Waals surface area (Å²) in [6.07, 6.45) is 0.830. The van der Waals surface area contributed by atoms with Gasteiger partial charge in [0.15, 0.2) is 5.96 Å². The van der Waals surface area contributed by atoms with E-state index in [1.807, 2.05) is 6.07 Å². The van der Waals surface area contributed by atoms with Crippen molar-refractivity contribution in [3.63, 3.8) is 0 Å². The number of aliphatic imine (C=N–C) groups is 1. The Bertz CT molecular complexity index is 712. The third-order valence-electron chi connectivity index (χ3n) is 5.52. The van der Waals surface area contributed by atoms with Gasteiger partial charge in [-0.1, -0.05) is 12.1 Å². The van der Waals surface area contributed by atoms with Crippen LogP contribution in [0.2, 0.25) is 0 Å². The van der Waals surface area contributed by atoms with Gasteiger partial charge >= 0.3 is 0 Å². The van der Waals surface area contributed by atoms with E-state index >= 15 is 0 Å². The molecular formula is C18H24FN3O2. The molecule has 3 rings (SSSR count). The molecule has 2 aliphatic heterocycles. The minimum Gasteiger partial charge on any atom is -0.381 e. The Morgan fingerprint density at radius 1 is 1.38 bits per heavy atom. The Labute approximate surface area is 141 Å². The lowest BCUT2D eigenvalue weighted by Gasteiger charge is -2.46. The van der Waals surface area contributed by atoms with E-state index < -0.39 is 11.0 Å². The van der Waals surface area contributed by atoms with E-state index in [9.17, 15) is 9.18 Å². The number of rotatable bonds is 3. The number of hydrogen-bond donors (Lipinski definition) is 1. The average molecular weight is 333 g/mol. The molecule has 0 saturated carbocycles. The number of hydrogen-bond acceptors (Lipinski definition) is 4. The molecule has 0 aromatic heterocycles. The van der Waals surface area contributed by atoms with Crippen LogP contribution >= 0.6 is 0 Å². The minimum absolute atomic E-state index is 0.110. The van der Waals surface area contributed by atoms with E-state index in [0.717, 1.165) is 25.2 Å². The van der Waals surface area contributed by atoms with Crippen molar-refractivity contribution in [1.29, 1.82) is 0 Å². The number of carbonyl (C=O) groups is 1. The molecular weight excluding hydrogens is 309 g/mol. The van der Waals surface area contributed by atoms with Crippen LogP contribution < -0.4 is 5.73 Å². The zero-order chi connectivity index (χ0) is 17.7. The first-order valence-electron chi connectivity index (χ1n) is 8.17. The zero-order valence-corrected chi connectivity index (χ0v) is 14.6. The van der Waals surface area contributed by atoms with Gasteiger partial charge in [0.05, 0.1) is 18.6 Å². The predicted molar refractivity (Wildman–Crippen MR) is 89.9 cm³/mol. The van der Waals surface area contributed by atoms with Gasteiger partial charge in [0.2, 0.25) is 5.91 Å². The van der Waals surface area contributed by atoms with Gasteiger partial charge in [-0.3, -0.25) is 9.69 Å². The molecule has 0 spiro atoms. The molecule has 2 heterocycles. The molecule has 6 heteroatoms. The Balaban J connectivity index is 2.08. The fraction of sp³-hybridized carbons (Fsp3) is 0.556. The Kier molecular flexibility index (Phi) is 3.91. The third kappa shape index (κ3) is 2.40. The lowest BCUT2D eigenvalue weighted by Crippen LogP contribution is -2.58. The smallest absolute Gasteiger partial charge is 0.237 e. The SMILES string of the molecule is CN1C(=O)C(C)(C)[C@@](C)(c2cc(CC3COC3)ccc2F)N=C1N. The van der Waals surface area contributed by atoms with Gasteiger partial charge in [0.25, 0.3) is 0 Å². The molecule has 0 unspecified atom stereocenters. The summed E-state index contributed by atoms with van der Waals surface area (Å²) in [6, 6.07) is 5.07. The highest BCUT2D eigenvalue weighted by Gasteiger charge is 2.53. The molecule has 24 heavy (non-hydrogen) atoms. The number of guanidine groups is 1. The second-order valence-corrected chi connectivity index (χ2v) is 7.45. The van der Waals surface area contributed by atoms with E-state index in [0.29, 0.717) is 11.5 Å². The highest BCUT2D eigenvalue weighted by Crippen LogP contribution is 2.47.